The molecule has 7 heteroatoms. The molecule has 5 nitrogen and oxygen atoms in total. The number of nitrogens with one attached hydrogen (secondary N) is 1. The molecule has 1 saturated heterocycles. The number of rotatable bonds is 6. The van der Waals surface area contributed by atoms with Crippen LogP contribution in [0.15, 0.2) is 52.4 Å². The van der Waals surface area contributed by atoms with Gasteiger partial charge in [0.2, 0.25) is 0 Å². The fraction of sp³-hybridized carbons (Fsp3) is 0.200. The average molecular weight is 386 g/mol. The summed E-state index contributed by atoms with van der Waals surface area (Å²) in [6.45, 7) is 4.87. The predicted octanol–water partition coefficient (Wildman–Crippen LogP) is 4.51. The van der Waals surface area contributed by atoms with Crippen molar-refractivity contribution in [1.82, 2.24) is 5.32 Å². The van der Waals surface area contributed by atoms with Crippen molar-refractivity contribution in [3.05, 3.63) is 58.8 Å². The topological polar surface area (TPSA) is 59.9 Å². The average Bonchev–Trinajstić information content (AvgIpc) is 2.98. The lowest BCUT2D eigenvalue weighted by Crippen LogP contribution is -2.19. The highest BCUT2D eigenvalue weighted by Gasteiger charge is 2.24. The first-order chi connectivity index (χ1) is 13.1. The van der Waals surface area contributed by atoms with Crippen molar-refractivity contribution in [2.75, 3.05) is 13.2 Å². The van der Waals surface area contributed by atoms with E-state index in [0.717, 1.165) is 5.56 Å². The number of hydrogen-bond donors (Lipinski definition) is 1. The number of amides is 1. The lowest BCUT2D eigenvalue weighted by atomic mass is 10.2. The third-order valence-electron chi connectivity index (χ3n) is 3.57. The maximum absolute atomic E-state index is 13.0. The Morgan fingerprint density at radius 3 is 2.48 bits per heavy atom. The largest absolute Gasteiger partial charge is 0.490 e. The van der Waals surface area contributed by atoms with Crippen LogP contribution in [0.1, 0.15) is 19.4 Å². The van der Waals surface area contributed by atoms with E-state index in [4.69, 9.17) is 9.47 Å². The van der Waals surface area contributed by atoms with Gasteiger partial charge in [0.15, 0.2) is 16.7 Å². The third kappa shape index (κ3) is 4.89. The second-order valence-corrected chi connectivity index (χ2v) is 6.56. The summed E-state index contributed by atoms with van der Waals surface area (Å²) >= 11 is 1.23. The van der Waals surface area contributed by atoms with Gasteiger partial charge in [-0.3, -0.25) is 4.79 Å². The summed E-state index contributed by atoms with van der Waals surface area (Å²) in [6, 6.07) is 11.3. The summed E-state index contributed by atoms with van der Waals surface area (Å²) in [5.74, 6) is 0.747. The van der Waals surface area contributed by atoms with Crippen molar-refractivity contribution < 1.29 is 18.7 Å². The van der Waals surface area contributed by atoms with Gasteiger partial charge in [-0.25, -0.2) is 9.38 Å². The van der Waals surface area contributed by atoms with Gasteiger partial charge in [0.1, 0.15) is 5.82 Å². The highest BCUT2D eigenvalue weighted by molar-refractivity contribution is 8.18. The Morgan fingerprint density at radius 2 is 1.78 bits per heavy atom. The SMILES string of the molecule is CCOc1ccc(/C=C2\SC(=Nc3ccc(F)cc3)NC2=O)cc1OCC. The number of carbonyl (C=O) groups excluding carboxylic acids is 1. The molecule has 0 aliphatic carbocycles. The lowest BCUT2D eigenvalue weighted by molar-refractivity contribution is -0.115. The van der Waals surface area contributed by atoms with E-state index in [1.165, 1.54) is 23.9 Å². The maximum Gasteiger partial charge on any atom is 0.264 e. The summed E-state index contributed by atoms with van der Waals surface area (Å²) in [5, 5.41) is 3.17. The van der Waals surface area contributed by atoms with E-state index in [1.54, 1.807) is 18.2 Å². The van der Waals surface area contributed by atoms with Gasteiger partial charge in [-0.2, -0.15) is 0 Å². The summed E-state index contributed by atoms with van der Waals surface area (Å²) < 4.78 is 24.1. The molecule has 1 N–H and O–H groups in total. The predicted molar refractivity (Wildman–Crippen MR) is 106 cm³/mol. The van der Waals surface area contributed by atoms with E-state index in [0.29, 0.717) is 40.5 Å². The summed E-state index contributed by atoms with van der Waals surface area (Å²) in [4.78, 5) is 17.1. The molecule has 1 fully saturated rings. The summed E-state index contributed by atoms with van der Waals surface area (Å²) in [7, 11) is 0. The first kappa shape index (κ1) is 19.0. The molecule has 27 heavy (non-hydrogen) atoms. The Hall–Kier alpha value is -2.80. The van der Waals surface area contributed by atoms with E-state index in [1.807, 2.05) is 32.0 Å². The molecule has 0 spiro atoms. The van der Waals surface area contributed by atoms with Crippen LogP contribution in [0, 0.1) is 5.82 Å². The number of amidine groups is 1. The Morgan fingerprint density at radius 1 is 1.07 bits per heavy atom. The second kappa shape index (κ2) is 8.73. The van der Waals surface area contributed by atoms with E-state index < -0.39 is 0 Å². The monoisotopic (exact) mass is 386 g/mol. The molecule has 1 amide bonds. The molecule has 0 unspecified atom stereocenters. The van der Waals surface area contributed by atoms with Gasteiger partial charge < -0.3 is 14.8 Å². The molecule has 0 saturated carbocycles. The maximum atomic E-state index is 13.0. The molecule has 2 aromatic carbocycles. The molecule has 0 aromatic heterocycles. The Balaban J connectivity index is 1.81. The molecule has 0 radical (unpaired) electrons. The van der Waals surface area contributed by atoms with Crippen LogP contribution in [-0.2, 0) is 4.79 Å². The number of hydrogen-bond acceptors (Lipinski definition) is 5. The van der Waals surface area contributed by atoms with Crippen molar-refractivity contribution in [2.45, 2.75) is 13.8 Å². The number of thioether (sulfide) groups is 1. The standard InChI is InChI=1S/C20H19FN2O3S/c1-3-25-16-10-5-13(11-17(16)26-4-2)12-18-19(24)23-20(27-18)22-15-8-6-14(21)7-9-15/h5-12H,3-4H2,1-2H3,(H,22,23,24)/b18-12-. The second-order valence-electron chi connectivity index (χ2n) is 5.53. The van der Waals surface area contributed by atoms with Crippen LogP contribution in [0.2, 0.25) is 0 Å². The van der Waals surface area contributed by atoms with Crippen LogP contribution < -0.4 is 14.8 Å². The van der Waals surface area contributed by atoms with E-state index >= 15 is 0 Å². The number of halogens is 1. The minimum absolute atomic E-state index is 0.229. The van der Waals surface area contributed by atoms with Crippen molar-refractivity contribution in [3.8, 4) is 11.5 Å². The van der Waals surface area contributed by atoms with Crippen LogP contribution >= 0.6 is 11.8 Å². The molecule has 140 valence electrons. The molecule has 0 atom stereocenters. The minimum atomic E-state index is -0.330. The third-order valence-corrected chi connectivity index (χ3v) is 4.48. The fourth-order valence-corrected chi connectivity index (χ4v) is 3.26. The van der Waals surface area contributed by atoms with Gasteiger partial charge in [-0.05, 0) is 73.6 Å². The Kier molecular flexibility index (Phi) is 6.13. The van der Waals surface area contributed by atoms with E-state index in [-0.39, 0.29) is 11.7 Å². The summed E-state index contributed by atoms with van der Waals surface area (Å²) in [6.07, 6.45) is 1.77. The molecule has 1 aliphatic heterocycles. The number of benzene rings is 2. The van der Waals surface area contributed by atoms with Crippen molar-refractivity contribution in [2.24, 2.45) is 4.99 Å². The highest BCUT2D eigenvalue weighted by atomic mass is 32.2. The molecular formula is C20H19FN2O3S. The molecule has 1 aliphatic rings. The molecule has 2 aromatic rings. The van der Waals surface area contributed by atoms with Gasteiger partial charge in [0.25, 0.3) is 5.91 Å². The van der Waals surface area contributed by atoms with Crippen LogP contribution in [0.3, 0.4) is 0 Å². The fourth-order valence-electron chi connectivity index (χ4n) is 2.42. The molecule has 3 rings (SSSR count). The van der Waals surface area contributed by atoms with Crippen LogP contribution in [0.5, 0.6) is 11.5 Å². The number of nitrogens with zero attached hydrogens (tertiary/aromatic N) is 1. The number of ether oxygens (including phenoxy) is 2. The molecule has 0 bridgehead atoms. The van der Waals surface area contributed by atoms with Crippen molar-refractivity contribution in [3.63, 3.8) is 0 Å². The first-order valence-electron chi connectivity index (χ1n) is 8.54. The van der Waals surface area contributed by atoms with Crippen LogP contribution in [0.4, 0.5) is 10.1 Å². The Labute approximate surface area is 161 Å². The molecular weight excluding hydrogens is 367 g/mol. The number of aliphatic imine (C=N–C) groups is 1. The van der Waals surface area contributed by atoms with Gasteiger partial charge in [0, 0.05) is 0 Å². The lowest BCUT2D eigenvalue weighted by Gasteiger charge is -2.11. The zero-order valence-electron chi connectivity index (χ0n) is 15.0. The van der Waals surface area contributed by atoms with Crippen molar-refractivity contribution >= 4 is 34.6 Å². The first-order valence-corrected chi connectivity index (χ1v) is 9.35. The van der Waals surface area contributed by atoms with Crippen LogP contribution in [0.25, 0.3) is 6.08 Å². The van der Waals surface area contributed by atoms with Gasteiger partial charge >= 0.3 is 0 Å². The van der Waals surface area contributed by atoms with E-state index in [9.17, 15) is 9.18 Å². The number of carbonyl (C=O) groups is 1. The summed E-state index contributed by atoms with van der Waals surface area (Å²) in [5.41, 5.74) is 1.39. The molecule has 1 heterocycles. The van der Waals surface area contributed by atoms with E-state index in [2.05, 4.69) is 10.3 Å². The van der Waals surface area contributed by atoms with Crippen molar-refractivity contribution in [1.29, 1.82) is 0 Å². The zero-order chi connectivity index (χ0) is 19.2. The van der Waals surface area contributed by atoms with Crippen LogP contribution in [-0.4, -0.2) is 24.3 Å². The minimum Gasteiger partial charge on any atom is -0.490 e. The zero-order valence-corrected chi connectivity index (χ0v) is 15.8. The van der Waals surface area contributed by atoms with Gasteiger partial charge in [0.05, 0.1) is 23.8 Å². The van der Waals surface area contributed by atoms with Gasteiger partial charge in [-0.1, -0.05) is 6.07 Å². The normalized spacial score (nSPS) is 16.6. The Bertz CT molecular complexity index is 895. The smallest absolute Gasteiger partial charge is 0.264 e. The van der Waals surface area contributed by atoms with Gasteiger partial charge in [-0.15, -0.1) is 0 Å². The quantitative estimate of drug-likeness (QED) is 0.742. The highest BCUT2D eigenvalue weighted by Crippen LogP contribution is 2.32.